The van der Waals surface area contributed by atoms with Crippen LogP contribution in [0, 0.1) is 17.3 Å². The predicted octanol–water partition coefficient (Wildman–Crippen LogP) is 4.87. The minimum absolute atomic E-state index is 0.00716. The molecule has 3 aliphatic heterocycles. The Kier molecular flexibility index (Phi) is 8.23. The summed E-state index contributed by atoms with van der Waals surface area (Å²) in [5.74, 6) is 1.28. The smallest absolute Gasteiger partial charge is 0.284 e. The summed E-state index contributed by atoms with van der Waals surface area (Å²) < 4.78 is 31.4. The average molecular weight is 650 g/mol. The normalized spacial score (nSPS) is 25.5. The zero-order chi connectivity index (χ0) is 32.1. The van der Waals surface area contributed by atoms with E-state index in [1.54, 1.807) is 17.1 Å². The van der Waals surface area contributed by atoms with Gasteiger partial charge in [0.2, 0.25) is 0 Å². The fourth-order valence-electron chi connectivity index (χ4n) is 9.05. The number of halogens is 2. The van der Waals surface area contributed by atoms with Crippen LogP contribution in [0.15, 0.2) is 24.7 Å². The number of hydrogen-bond donors (Lipinski definition) is 2. The number of rotatable bonds is 8. The molecule has 2 atom stereocenters. The molecule has 5 aliphatic rings. The molecular formula is C34H45F2N9O2. The fourth-order valence-corrected chi connectivity index (χ4v) is 9.05. The molecule has 1 amide bonds. The molecule has 2 bridgehead atoms. The van der Waals surface area contributed by atoms with Gasteiger partial charge < -0.3 is 20.4 Å². The van der Waals surface area contributed by atoms with Crippen LogP contribution in [0.4, 0.5) is 20.3 Å². The molecule has 2 N–H and O–H groups in total. The molecular weight excluding hydrogens is 604 g/mol. The lowest BCUT2D eigenvalue weighted by molar-refractivity contribution is -0.120. The Morgan fingerprint density at radius 1 is 1.09 bits per heavy atom. The van der Waals surface area contributed by atoms with Gasteiger partial charge in [0, 0.05) is 50.4 Å². The van der Waals surface area contributed by atoms with Gasteiger partial charge in [-0.2, -0.15) is 10.2 Å². The number of ketones is 1. The monoisotopic (exact) mass is 649 g/mol. The van der Waals surface area contributed by atoms with Gasteiger partial charge in [0.05, 0.1) is 17.9 Å². The van der Waals surface area contributed by atoms with E-state index in [0.717, 1.165) is 44.8 Å². The molecule has 2 saturated carbocycles. The first-order valence-electron chi connectivity index (χ1n) is 17.6. The van der Waals surface area contributed by atoms with Crippen LogP contribution < -0.4 is 15.5 Å². The van der Waals surface area contributed by atoms with Crippen molar-refractivity contribution in [2.75, 3.05) is 49.5 Å². The second-order valence-corrected chi connectivity index (χ2v) is 14.7. The lowest BCUT2D eigenvalue weighted by atomic mass is 9.65. The number of fused-ring (bicyclic) bond motifs is 3. The molecule has 2 aliphatic carbocycles. The molecule has 47 heavy (non-hydrogen) atoms. The van der Waals surface area contributed by atoms with E-state index < -0.39 is 18.0 Å². The number of alkyl halides is 2. The molecule has 11 nitrogen and oxygen atoms in total. The van der Waals surface area contributed by atoms with Crippen molar-refractivity contribution >= 4 is 28.8 Å². The first kappa shape index (κ1) is 30.9. The summed E-state index contributed by atoms with van der Waals surface area (Å²) in [5, 5.41) is 14.7. The van der Waals surface area contributed by atoms with Crippen LogP contribution in [0.2, 0.25) is 0 Å². The number of aromatic nitrogens is 5. The molecule has 3 saturated heterocycles. The van der Waals surface area contributed by atoms with Crippen LogP contribution in [0.3, 0.4) is 0 Å². The van der Waals surface area contributed by atoms with Gasteiger partial charge in [0.1, 0.15) is 17.2 Å². The number of nitrogens with one attached hydrogen (secondary N) is 2. The highest BCUT2D eigenvalue weighted by molar-refractivity contribution is 6.08. The summed E-state index contributed by atoms with van der Waals surface area (Å²) in [6, 6.07) is 1.96. The number of carbonyl (C=O) groups is 2. The lowest BCUT2D eigenvalue weighted by Crippen LogP contribution is -2.40. The van der Waals surface area contributed by atoms with Crippen molar-refractivity contribution in [2.45, 2.75) is 89.1 Å². The summed E-state index contributed by atoms with van der Waals surface area (Å²) in [6.45, 7) is 5.91. The molecule has 5 fully saturated rings. The second-order valence-electron chi connectivity index (χ2n) is 14.7. The Bertz CT molecular complexity index is 1610. The van der Waals surface area contributed by atoms with Crippen molar-refractivity contribution in [3.8, 4) is 0 Å². The number of likely N-dealkylation sites (tertiary alicyclic amines) is 1. The molecule has 6 heterocycles. The third-order valence-electron chi connectivity index (χ3n) is 12.0. The summed E-state index contributed by atoms with van der Waals surface area (Å²) in [5.41, 5.74) is 0.724. The maximum Gasteiger partial charge on any atom is 0.284 e. The first-order valence-corrected chi connectivity index (χ1v) is 17.6. The topological polar surface area (TPSA) is 113 Å². The molecule has 0 unspecified atom stereocenters. The molecule has 3 aromatic heterocycles. The maximum absolute atomic E-state index is 14.1. The third-order valence-corrected chi connectivity index (χ3v) is 12.0. The van der Waals surface area contributed by atoms with Gasteiger partial charge in [0.15, 0.2) is 11.3 Å². The Balaban J connectivity index is 0.881. The van der Waals surface area contributed by atoms with Crippen molar-refractivity contribution in [3.05, 3.63) is 35.9 Å². The van der Waals surface area contributed by atoms with E-state index in [1.807, 2.05) is 6.07 Å². The van der Waals surface area contributed by atoms with Gasteiger partial charge in [-0.25, -0.2) is 18.3 Å². The Labute approximate surface area is 273 Å². The van der Waals surface area contributed by atoms with E-state index in [0.29, 0.717) is 35.6 Å². The van der Waals surface area contributed by atoms with E-state index in [4.69, 9.17) is 4.98 Å². The molecule has 0 radical (unpaired) electrons. The third kappa shape index (κ3) is 6.05. The highest BCUT2D eigenvalue weighted by atomic mass is 19.3. The quantitative estimate of drug-likeness (QED) is 0.356. The highest BCUT2D eigenvalue weighted by Crippen LogP contribution is 2.46. The average Bonchev–Trinajstić information content (AvgIpc) is 3.88. The molecule has 0 aromatic carbocycles. The van der Waals surface area contributed by atoms with Crippen molar-refractivity contribution in [1.82, 2.24) is 34.6 Å². The van der Waals surface area contributed by atoms with Crippen molar-refractivity contribution in [2.24, 2.45) is 17.3 Å². The largest absolute Gasteiger partial charge is 0.352 e. The van der Waals surface area contributed by atoms with E-state index >= 15 is 0 Å². The first-order chi connectivity index (χ1) is 22.8. The molecule has 13 heteroatoms. The van der Waals surface area contributed by atoms with Gasteiger partial charge in [-0.3, -0.25) is 14.3 Å². The van der Waals surface area contributed by atoms with Gasteiger partial charge >= 0.3 is 0 Å². The van der Waals surface area contributed by atoms with E-state index in [2.05, 4.69) is 30.6 Å². The Hall–Kier alpha value is -3.45. The minimum atomic E-state index is -2.83. The number of anilines is 2. The van der Waals surface area contributed by atoms with E-state index in [-0.39, 0.29) is 29.3 Å². The fraction of sp³-hybridized carbons (Fsp3) is 0.676. The summed E-state index contributed by atoms with van der Waals surface area (Å²) in [7, 11) is 0. The van der Waals surface area contributed by atoms with E-state index in [1.165, 1.54) is 68.7 Å². The van der Waals surface area contributed by atoms with Crippen LogP contribution in [0.5, 0.6) is 0 Å². The van der Waals surface area contributed by atoms with Crippen LogP contribution in [-0.2, 0) is 4.79 Å². The van der Waals surface area contributed by atoms with Crippen LogP contribution in [0.25, 0.3) is 5.65 Å². The standard InChI is InChI=1S/C34H45F2N9O2/c35-31(36)30-27(39-33(47)26-19-38-44-16-6-29(40-32(26)44)43-20-23-17-25(43)18-28(23)46)21-45(41-30)24-4-14-42(15-5-24)13-3-22-1-7-34(8-2-22)9-11-37-12-10-34/h6,16,19,21-25,31,37H,1-5,7-15,17-18,20H2,(H,39,47)/t23-,25-/m1/s1. The maximum atomic E-state index is 14.1. The number of Topliss-reactive ketones (excluding diaryl/α,β-unsaturated/α-hetero) is 1. The summed E-state index contributed by atoms with van der Waals surface area (Å²) in [4.78, 5) is 34.8. The van der Waals surface area contributed by atoms with Gasteiger partial charge in [0.25, 0.3) is 12.3 Å². The van der Waals surface area contributed by atoms with Gasteiger partial charge in [-0.05, 0) is 101 Å². The van der Waals surface area contributed by atoms with Crippen LogP contribution in [-0.4, -0.2) is 86.3 Å². The van der Waals surface area contributed by atoms with Gasteiger partial charge in [-0.1, -0.05) is 0 Å². The van der Waals surface area contributed by atoms with Crippen molar-refractivity contribution in [1.29, 1.82) is 0 Å². The Morgan fingerprint density at radius 2 is 1.87 bits per heavy atom. The SMILES string of the molecule is O=C(Nc1cn(C2CCN(CCC3CCC4(CCNCC4)CC3)CC2)nc1C(F)F)c1cnn2ccc(N3C[C@H]4C[C@@H]3CC4=O)nc12. The molecule has 1 spiro atoms. The molecule has 3 aromatic rings. The number of amides is 1. The lowest BCUT2D eigenvalue weighted by Gasteiger charge is -2.43. The van der Waals surface area contributed by atoms with Crippen LogP contribution >= 0.6 is 0 Å². The molecule has 252 valence electrons. The second kappa shape index (κ2) is 12.5. The van der Waals surface area contributed by atoms with Gasteiger partial charge in [-0.15, -0.1) is 0 Å². The summed E-state index contributed by atoms with van der Waals surface area (Å²) >= 11 is 0. The van der Waals surface area contributed by atoms with Crippen LogP contribution in [0.1, 0.15) is 99.1 Å². The van der Waals surface area contributed by atoms with Crippen molar-refractivity contribution < 1.29 is 18.4 Å². The number of piperidine rings is 3. The minimum Gasteiger partial charge on any atom is -0.352 e. The van der Waals surface area contributed by atoms with E-state index in [9.17, 15) is 18.4 Å². The number of nitrogens with zero attached hydrogens (tertiary/aromatic N) is 7. The number of carbonyl (C=O) groups excluding carboxylic acids is 2. The number of hydrogen-bond acceptors (Lipinski definition) is 8. The molecule has 8 rings (SSSR count). The van der Waals surface area contributed by atoms with Crippen molar-refractivity contribution in [3.63, 3.8) is 0 Å². The Morgan fingerprint density at radius 3 is 2.57 bits per heavy atom. The highest BCUT2D eigenvalue weighted by Gasteiger charge is 2.44. The zero-order valence-electron chi connectivity index (χ0n) is 26.9. The predicted molar refractivity (Wildman–Crippen MR) is 173 cm³/mol. The zero-order valence-corrected chi connectivity index (χ0v) is 26.9. The summed E-state index contributed by atoms with van der Waals surface area (Å²) in [6.07, 6.45) is 14.3.